The summed E-state index contributed by atoms with van der Waals surface area (Å²) in [6.45, 7) is 5.24. The number of oxime groups is 1. The van der Waals surface area contributed by atoms with Crippen LogP contribution in [0.15, 0.2) is 47.9 Å². The third-order valence-electron chi connectivity index (χ3n) is 4.78. The monoisotopic (exact) mass is 430 g/mol. The van der Waals surface area contributed by atoms with Crippen molar-refractivity contribution in [2.75, 3.05) is 37.7 Å². The lowest BCUT2D eigenvalue weighted by molar-refractivity contribution is 0.160. The molecule has 30 heavy (non-hydrogen) atoms. The number of hydrogen-bond donors (Lipinski definition) is 0. The summed E-state index contributed by atoms with van der Waals surface area (Å²) in [5.41, 5.74) is 1.69. The number of carbonyl (C=O) groups excluding carboxylic acids is 1. The molecule has 0 bridgehead atoms. The zero-order valence-corrected chi connectivity index (χ0v) is 17.9. The van der Waals surface area contributed by atoms with Gasteiger partial charge < -0.3 is 14.5 Å². The number of benzene rings is 1. The Balaban J connectivity index is 1.33. The Morgan fingerprint density at radius 3 is 2.77 bits per heavy atom. The molecular formula is C22H27ClN4O3. The molecule has 0 radical (unpaired) electrons. The van der Waals surface area contributed by atoms with Gasteiger partial charge in [0.05, 0.1) is 17.8 Å². The van der Waals surface area contributed by atoms with E-state index < -0.39 is 0 Å². The second-order valence-corrected chi connectivity index (χ2v) is 7.28. The number of carbonyl (C=O) groups is 1. The molecule has 1 aliphatic heterocycles. The summed E-state index contributed by atoms with van der Waals surface area (Å²) in [5, 5.41) is 4.39. The van der Waals surface area contributed by atoms with E-state index >= 15 is 0 Å². The van der Waals surface area contributed by atoms with Crippen molar-refractivity contribution in [3.8, 4) is 5.75 Å². The smallest absolute Gasteiger partial charge is 0.324 e. The van der Waals surface area contributed by atoms with Gasteiger partial charge in [-0.25, -0.2) is 4.79 Å². The minimum Gasteiger partial charge on any atom is -0.494 e. The Morgan fingerprint density at radius 1 is 1.17 bits per heavy atom. The van der Waals surface area contributed by atoms with E-state index in [0.29, 0.717) is 18.2 Å². The topological polar surface area (TPSA) is 67.3 Å². The number of ether oxygens (including phenoxy) is 1. The Morgan fingerprint density at radius 2 is 2.00 bits per heavy atom. The Kier molecular flexibility index (Phi) is 8.32. The fourth-order valence-corrected chi connectivity index (χ4v) is 3.42. The number of halogens is 1. The van der Waals surface area contributed by atoms with E-state index in [2.05, 4.69) is 10.1 Å². The van der Waals surface area contributed by atoms with Crippen molar-refractivity contribution >= 4 is 29.5 Å². The van der Waals surface area contributed by atoms with Gasteiger partial charge in [-0.2, -0.15) is 0 Å². The van der Waals surface area contributed by atoms with Gasteiger partial charge in [0.1, 0.15) is 12.4 Å². The van der Waals surface area contributed by atoms with Crippen molar-refractivity contribution in [3.63, 3.8) is 0 Å². The molecule has 0 unspecified atom stereocenters. The van der Waals surface area contributed by atoms with E-state index in [1.165, 1.54) is 0 Å². The molecule has 8 heteroatoms. The Bertz CT molecular complexity index is 848. The summed E-state index contributed by atoms with van der Waals surface area (Å²) >= 11 is 6.24. The number of nitrogens with zero attached hydrogens (tertiary/aromatic N) is 4. The van der Waals surface area contributed by atoms with Crippen LogP contribution in [0.2, 0.25) is 5.02 Å². The highest BCUT2D eigenvalue weighted by Crippen LogP contribution is 2.22. The number of pyridine rings is 1. The van der Waals surface area contributed by atoms with E-state index in [1.807, 2.05) is 36.1 Å². The fourth-order valence-electron chi connectivity index (χ4n) is 3.20. The highest BCUT2D eigenvalue weighted by Gasteiger charge is 2.28. The first-order chi connectivity index (χ1) is 14.7. The quantitative estimate of drug-likeness (QED) is 0.297. The van der Waals surface area contributed by atoms with Crippen molar-refractivity contribution in [3.05, 3.63) is 53.3 Å². The van der Waals surface area contributed by atoms with Gasteiger partial charge in [0.2, 0.25) is 0 Å². The van der Waals surface area contributed by atoms with Gasteiger partial charge in [0.15, 0.2) is 0 Å². The zero-order chi connectivity index (χ0) is 21.2. The van der Waals surface area contributed by atoms with Gasteiger partial charge in [0, 0.05) is 43.3 Å². The molecule has 0 atom stereocenters. The van der Waals surface area contributed by atoms with E-state index in [9.17, 15) is 4.79 Å². The average Bonchev–Trinajstić information content (AvgIpc) is 3.13. The number of rotatable bonds is 11. The summed E-state index contributed by atoms with van der Waals surface area (Å²) in [7, 11) is 0. The van der Waals surface area contributed by atoms with Crippen LogP contribution in [0.4, 0.5) is 10.5 Å². The largest absolute Gasteiger partial charge is 0.494 e. The van der Waals surface area contributed by atoms with Crippen LogP contribution in [0.5, 0.6) is 5.75 Å². The lowest BCUT2D eigenvalue weighted by Crippen LogP contribution is -2.32. The molecule has 1 aromatic carbocycles. The summed E-state index contributed by atoms with van der Waals surface area (Å²) in [5.74, 6) is 0.733. The highest BCUT2D eigenvalue weighted by molar-refractivity contribution is 6.33. The van der Waals surface area contributed by atoms with Gasteiger partial charge in [-0.05, 0) is 56.5 Å². The maximum atomic E-state index is 12.5. The predicted molar refractivity (Wildman–Crippen MR) is 119 cm³/mol. The van der Waals surface area contributed by atoms with Crippen molar-refractivity contribution in [2.45, 2.75) is 26.2 Å². The van der Waals surface area contributed by atoms with Gasteiger partial charge in [-0.15, -0.1) is 0 Å². The van der Waals surface area contributed by atoms with Crippen molar-refractivity contribution < 1.29 is 14.4 Å². The molecule has 2 amide bonds. The average molecular weight is 431 g/mol. The fraction of sp³-hybridized carbons (Fsp3) is 0.409. The molecule has 0 saturated carbocycles. The first-order valence-corrected chi connectivity index (χ1v) is 10.6. The second kappa shape index (κ2) is 11.4. The molecule has 160 valence electrons. The molecule has 1 fully saturated rings. The summed E-state index contributed by atoms with van der Waals surface area (Å²) in [6, 6.07) is 9.31. The molecule has 7 nitrogen and oxygen atoms in total. The van der Waals surface area contributed by atoms with E-state index in [4.69, 9.17) is 21.2 Å². The molecule has 1 aliphatic rings. The lowest BCUT2D eigenvalue weighted by atomic mass is 10.2. The van der Waals surface area contributed by atoms with Crippen LogP contribution in [-0.4, -0.2) is 55.0 Å². The van der Waals surface area contributed by atoms with Crippen molar-refractivity contribution in [1.29, 1.82) is 0 Å². The van der Waals surface area contributed by atoms with Crippen LogP contribution in [0.25, 0.3) is 0 Å². The van der Waals surface area contributed by atoms with Crippen molar-refractivity contribution in [2.24, 2.45) is 5.16 Å². The molecule has 0 spiro atoms. The highest BCUT2D eigenvalue weighted by atomic mass is 35.5. The van der Waals surface area contributed by atoms with Crippen LogP contribution in [0, 0.1) is 0 Å². The SMILES string of the molecule is CCON=Cc1ccc(OCCCCCN2CCN(c3ccncc3)C2=O)cc1Cl. The molecular weight excluding hydrogens is 404 g/mol. The number of anilines is 1. The molecule has 3 rings (SSSR count). The van der Waals surface area contributed by atoms with Crippen LogP contribution in [0.3, 0.4) is 0 Å². The van der Waals surface area contributed by atoms with Crippen LogP contribution in [0.1, 0.15) is 31.7 Å². The maximum Gasteiger partial charge on any atom is 0.324 e. The van der Waals surface area contributed by atoms with Crippen molar-refractivity contribution in [1.82, 2.24) is 9.88 Å². The number of amides is 2. The molecule has 2 aromatic rings. The third kappa shape index (κ3) is 6.10. The molecule has 2 heterocycles. The van der Waals surface area contributed by atoms with Crippen LogP contribution in [-0.2, 0) is 4.84 Å². The van der Waals surface area contributed by atoms with E-state index in [-0.39, 0.29) is 6.03 Å². The molecule has 0 aliphatic carbocycles. The normalized spacial score (nSPS) is 14.0. The van der Waals surface area contributed by atoms with Crippen LogP contribution >= 0.6 is 11.6 Å². The molecule has 1 aromatic heterocycles. The van der Waals surface area contributed by atoms with E-state index in [0.717, 1.165) is 55.9 Å². The molecule has 1 saturated heterocycles. The minimum absolute atomic E-state index is 0.0695. The number of unbranched alkanes of at least 4 members (excludes halogenated alkanes) is 2. The summed E-state index contributed by atoms with van der Waals surface area (Å²) < 4.78 is 5.78. The summed E-state index contributed by atoms with van der Waals surface area (Å²) in [6.07, 6.45) is 7.87. The van der Waals surface area contributed by atoms with Gasteiger partial charge >= 0.3 is 6.03 Å². The standard InChI is InChI=1S/C22H27ClN4O3/c1-2-30-25-17-18-6-7-20(16-21(18)23)29-15-5-3-4-12-26-13-14-27(22(26)28)19-8-10-24-11-9-19/h6-11,16-17H,2-5,12-15H2,1H3. The first kappa shape index (κ1) is 21.9. The van der Waals surface area contributed by atoms with Crippen LogP contribution < -0.4 is 9.64 Å². The van der Waals surface area contributed by atoms with Gasteiger partial charge in [-0.3, -0.25) is 9.88 Å². The Labute approximate surface area is 182 Å². The summed E-state index contributed by atoms with van der Waals surface area (Å²) in [4.78, 5) is 25.2. The third-order valence-corrected chi connectivity index (χ3v) is 5.11. The number of urea groups is 1. The molecule has 0 N–H and O–H groups in total. The van der Waals surface area contributed by atoms with Gasteiger partial charge in [0.25, 0.3) is 0 Å². The lowest BCUT2D eigenvalue weighted by Gasteiger charge is -2.18. The second-order valence-electron chi connectivity index (χ2n) is 6.87. The number of aromatic nitrogens is 1. The minimum atomic E-state index is 0.0695. The zero-order valence-electron chi connectivity index (χ0n) is 17.2. The van der Waals surface area contributed by atoms with E-state index in [1.54, 1.807) is 29.6 Å². The first-order valence-electron chi connectivity index (χ1n) is 10.2. The van der Waals surface area contributed by atoms with Gasteiger partial charge in [-0.1, -0.05) is 16.8 Å². The Hall–Kier alpha value is -2.80. The number of hydrogen-bond acceptors (Lipinski definition) is 5. The maximum absolute atomic E-state index is 12.5. The predicted octanol–water partition coefficient (Wildman–Crippen LogP) is 4.60.